The van der Waals surface area contributed by atoms with Crippen molar-refractivity contribution in [1.82, 2.24) is 9.80 Å². The molecule has 0 bridgehead atoms. The van der Waals surface area contributed by atoms with Gasteiger partial charge in [-0.2, -0.15) is 0 Å². The fourth-order valence-electron chi connectivity index (χ4n) is 2.81. The Morgan fingerprint density at radius 3 is 2.57 bits per heavy atom. The molecule has 1 atom stereocenters. The van der Waals surface area contributed by atoms with Crippen LogP contribution in [0.3, 0.4) is 0 Å². The lowest BCUT2D eigenvalue weighted by atomic mass is 10.1. The zero-order valence-electron chi connectivity index (χ0n) is 12.0. The summed E-state index contributed by atoms with van der Waals surface area (Å²) in [5.41, 5.74) is 0.729. The van der Waals surface area contributed by atoms with E-state index < -0.39 is 11.6 Å². The highest BCUT2D eigenvalue weighted by Crippen LogP contribution is 2.17. The molecule has 1 aromatic carbocycles. The Labute approximate surface area is 123 Å². The maximum Gasteiger partial charge on any atom is 0.159 e. The van der Waals surface area contributed by atoms with Crippen LogP contribution in [0.4, 0.5) is 8.78 Å². The zero-order chi connectivity index (χ0) is 15.2. The van der Waals surface area contributed by atoms with Gasteiger partial charge in [-0.1, -0.05) is 6.07 Å². The van der Waals surface area contributed by atoms with Crippen molar-refractivity contribution in [1.29, 1.82) is 0 Å². The van der Waals surface area contributed by atoms with Crippen LogP contribution in [-0.4, -0.2) is 65.4 Å². The zero-order valence-corrected chi connectivity index (χ0v) is 12.0. The van der Waals surface area contributed by atoms with Crippen LogP contribution >= 0.6 is 0 Å². The molecular weight excluding hydrogens is 278 g/mol. The first-order valence-corrected chi connectivity index (χ1v) is 7.26. The number of hydrogen-bond donors (Lipinski definition) is 2. The van der Waals surface area contributed by atoms with Gasteiger partial charge in [0.05, 0.1) is 6.61 Å². The third-order valence-electron chi connectivity index (χ3n) is 3.94. The third-order valence-corrected chi connectivity index (χ3v) is 3.94. The lowest BCUT2D eigenvalue weighted by molar-refractivity contribution is 0.0454. The Balaban J connectivity index is 2.01. The Hall–Kier alpha value is -1.08. The first kappa shape index (κ1) is 16.3. The number of aliphatic hydroxyl groups is 2. The Kier molecular flexibility index (Phi) is 6.05. The Morgan fingerprint density at radius 1 is 1.10 bits per heavy atom. The first-order chi connectivity index (χ1) is 10.1. The molecule has 1 saturated heterocycles. The van der Waals surface area contributed by atoms with Gasteiger partial charge in [0, 0.05) is 45.4 Å². The maximum absolute atomic E-state index is 13.3. The average molecular weight is 300 g/mol. The Morgan fingerprint density at radius 2 is 1.90 bits per heavy atom. The quantitative estimate of drug-likeness (QED) is 0.817. The van der Waals surface area contributed by atoms with Crippen LogP contribution in [0.1, 0.15) is 12.0 Å². The summed E-state index contributed by atoms with van der Waals surface area (Å²) < 4.78 is 26.2. The largest absolute Gasteiger partial charge is 0.396 e. The van der Waals surface area contributed by atoms with Crippen LogP contribution in [0.15, 0.2) is 18.2 Å². The second kappa shape index (κ2) is 7.79. The van der Waals surface area contributed by atoms with E-state index in [4.69, 9.17) is 5.11 Å². The molecule has 0 radical (unpaired) electrons. The molecule has 1 unspecified atom stereocenters. The monoisotopic (exact) mass is 300 g/mol. The summed E-state index contributed by atoms with van der Waals surface area (Å²) in [6.07, 6.45) is 0.631. The smallest absolute Gasteiger partial charge is 0.159 e. The van der Waals surface area contributed by atoms with Crippen LogP contribution < -0.4 is 0 Å². The lowest BCUT2D eigenvalue weighted by Crippen LogP contribution is -2.53. The number of nitrogens with zero attached hydrogens (tertiary/aromatic N) is 2. The van der Waals surface area contributed by atoms with Gasteiger partial charge in [-0.25, -0.2) is 8.78 Å². The van der Waals surface area contributed by atoms with E-state index in [9.17, 15) is 13.9 Å². The summed E-state index contributed by atoms with van der Waals surface area (Å²) in [6, 6.07) is 4.12. The van der Waals surface area contributed by atoms with Crippen molar-refractivity contribution in [2.75, 3.05) is 39.4 Å². The van der Waals surface area contributed by atoms with Gasteiger partial charge in [0.1, 0.15) is 0 Å². The van der Waals surface area contributed by atoms with Crippen LogP contribution in [0.2, 0.25) is 0 Å². The second-order valence-electron chi connectivity index (χ2n) is 5.41. The summed E-state index contributed by atoms with van der Waals surface area (Å²) in [4.78, 5) is 4.33. The van der Waals surface area contributed by atoms with Crippen LogP contribution in [0.25, 0.3) is 0 Å². The first-order valence-electron chi connectivity index (χ1n) is 7.26. The molecule has 1 aliphatic heterocycles. The molecule has 118 valence electrons. The summed E-state index contributed by atoms with van der Waals surface area (Å²) in [5, 5.41) is 18.2. The predicted octanol–water partition coefficient (Wildman–Crippen LogP) is 0.826. The van der Waals surface area contributed by atoms with E-state index in [0.29, 0.717) is 19.5 Å². The number of halogens is 2. The summed E-state index contributed by atoms with van der Waals surface area (Å²) in [7, 11) is 0. The molecule has 2 rings (SSSR count). The minimum atomic E-state index is -0.835. The maximum atomic E-state index is 13.3. The summed E-state index contributed by atoms with van der Waals surface area (Å²) in [5.74, 6) is -1.66. The molecule has 1 aromatic rings. The number of rotatable bonds is 6. The molecule has 1 heterocycles. The van der Waals surface area contributed by atoms with E-state index in [0.717, 1.165) is 31.3 Å². The van der Waals surface area contributed by atoms with E-state index in [2.05, 4.69) is 9.80 Å². The average Bonchev–Trinajstić information content (AvgIpc) is 2.46. The van der Waals surface area contributed by atoms with Crippen molar-refractivity contribution in [2.24, 2.45) is 0 Å². The second-order valence-corrected chi connectivity index (χ2v) is 5.41. The van der Waals surface area contributed by atoms with Crippen LogP contribution in [0, 0.1) is 11.6 Å². The van der Waals surface area contributed by atoms with E-state index in [1.807, 2.05) is 0 Å². The molecular formula is C15H22F2N2O2. The van der Waals surface area contributed by atoms with Crippen molar-refractivity contribution >= 4 is 0 Å². The molecule has 0 saturated carbocycles. The highest BCUT2D eigenvalue weighted by Gasteiger charge is 2.26. The number of β-amino-alcohol motifs (C(OH)–C–C–N with tert-alkyl or cyclic N) is 1. The van der Waals surface area contributed by atoms with Crippen molar-refractivity contribution < 1.29 is 19.0 Å². The van der Waals surface area contributed by atoms with Gasteiger partial charge < -0.3 is 10.2 Å². The molecule has 6 heteroatoms. The van der Waals surface area contributed by atoms with E-state index in [1.165, 1.54) is 6.07 Å². The van der Waals surface area contributed by atoms with Crippen molar-refractivity contribution in [2.45, 2.75) is 19.0 Å². The molecule has 0 aromatic heterocycles. The van der Waals surface area contributed by atoms with Crippen molar-refractivity contribution in [3.05, 3.63) is 35.4 Å². The summed E-state index contributed by atoms with van der Waals surface area (Å²) in [6.45, 7) is 3.75. The topological polar surface area (TPSA) is 46.9 Å². The molecule has 21 heavy (non-hydrogen) atoms. The standard InChI is InChI=1S/C15H22F2N2O2/c16-14-2-1-12(9-15(14)17)10-19-5-4-18(6-8-21)11-13(19)3-7-20/h1-2,9,13,20-21H,3-8,10-11H2. The lowest BCUT2D eigenvalue weighted by Gasteiger charge is -2.41. The van der Waals surface area contributed by atoms with Crippen molar-refractivity contribution in [3.8, 4) is 0 Å². The molecule has 4 nitrogen and oxygen atoms in total. The van der Waals surface area contributed by atoms with Gasteiger partial charge in [0.25, 0.3) is 0 Å². The fourth-order valence-corrected chi connectivity index (χ4v) is 2.81. The number of hydrogen-bond acceptors (Lipinski definition) is 4. The molecule has 0 spiro atoms. The molecule has 2 N–H and O–H groups in total. The minimum Gasteiger partial charge on any atom is -0.396 e. The molecule has 1 aliphatic rings. The predicted molar refractivity (Wildman–Crippen MR) is 75.8 cm³/mol. The molecule has 0 aliphatic carbocycles. The number of aliphatic hydroxyl groups excluding tert-OH is 2. The van der Waals surface area contributed by atoms with E-state index in [-0.39, 0.29) is 19.3 Å². The fraction of sp³-hybridized carbons (Fsp3) is 0.600. The summed E-state index contributed by atoms with van der Waals surface area (Å²) >= 11 is 0. The number of benzene rings is 1. The van der Waals surface area contributed by atoms with Crippen molar-refractivity contribution in [3.63, 3.8) is 0 Å². The van der Waals surface area contributed by atoms with Crippen LogP contribution in [0.5, 0.6) is 0 Å². The Bertz CT molecular complexity index is 459. The third kappa shape index (κ3) is 4.44. The highest BCUT2D eigenvalue weighted by molar-refractivity contribution is 5.18. The van der Waals surface area contributed by atoms with Gasteiger partial charge in [-0.05, 0) is 24.1 Å². The van der Waals surface area contributed by atoms with Gasteiger partial charge in [0.2, 0.25) is 0 Å². The molecule has 1 fully saturated rings. The van der Waals surface area contributed by atoms with E-state index >= 15 is 0 Å². The van der Waals surface area contributed by atoms with Gasteiger partial charge in [-0.15, -0.1) is 0 Å². The number of piperazine rings is 1. The van der Waals surface area contributed by atoms with Gasteiger partial charge in [0.15, 0.2) is 11.6 Å². The van der Waals surface area contributed by atoms with E-state index in [1.54, 1.807) is 6.07 Å². The SMILES string of the molecule is OCCC1CN(CCO)CCN1Cc1ccc(F)c(F)c1. The normalized spacial score (nSPS) is 20.9. The van der Waals surface area contributed by atoms with Crippen LogP contribution in [-0.2, 0) is 6.54 Å². The van der Waals surface area contributed by atoms with Gasteiger partial charge in [-0.3, -0.25) is 9.80 Å². The van der Waals surface area contributed by atoms with Gasteiger partial charge >= 0.3 is 0 Å². The molecule has 0 amide bonds. The minimum absolute atomic E-state index is 0.0892. The highest BCUT2D eigenvalue weighted by atomic mass is 19.2.